The predicted molar refractivity (Wildman–Crippen MR) is 83.9 cm³/mol. The van der Waals surface area contributed by atoms with E-state index < -0.39 is 0 Å². The summed E-state index contributed by atoms with van der Waals surface area (Å²) in [6, 6.07) is 6.02. The van der Waals surface area contributed by atoms with E-state index in [1.165, 1.54) is 5.56 Å². The van der Waals surface area contributed by atoms with Gasteiger partial charge in [0.05, 0.1) is 17.3 Å². The van der Waals surface area contributed by atoms with Crippen molar-refractivity contribution in [2.24, 2.45) is 12.8 Å². The van der Waals surface area contributed by atoms with Gasteiger partial charge < -0.3 is 10.5 Å². The second-order valence-electron chi connectivity index (χ2n) is 4.84. The molecule has 0 amide bonds. The number of ether oxygens (including phenoxy) is 1. The number of nitrogens with two attached hydrogens (primary N) is 1. The predicted octanol–water partition coefficient (Wildman–Crippen LogP) is 3.00. The van der Waals surface area contributed by atoms with Gasteiger partial charge in [0.2, 0.25) is 0 Å². The van der Waals surface area contributed by atoms with Crippen LogP contribution in [0.15, 0.2) is 28.9 Å². The molecular weight excluding hydrogens is 318 g/mol. The van der Waals surface area contributed by atoms with E-state index in [0.29, 0.717) is 0 Å². The first-order valence-electron chi connectivity index (χ1n) is 6.65. The van der Waals surface area contributed by atoms with E-state index in [0.717, 1.165) is 34.3 Å². The quantitative estimate of drug-likeness (QED) is 0.912. The zero-order chi connectivity index (χ0) is 14.7. The second kappa shape index (κ2) is 6.41. The first-order chi connectivity index (χ1) is 9.55. The summed E-state index contributed by atoms with van der Waals surface area (Å²) < 4.78 is 8.02. The minimum atomic E-state index is -0.0426. The molecule has 1 unspecified atom stereocenters. The molecule has 0 saturated heterocycles. The summed E-state index contributed by atoms with van der Waals surface area (Å²) in [5, 5.41) is 4.44. The molecule has 1 atom stereocenters. The van der Waals surface area contributed by atoms with Crippen LogP contribution in [0.3, 0.4) is 0 Å². The summed E-state index contributed by atoms with van der Waals surface area (Å²) in [6.45, 7) is 2.10. The number of aryl methyl sites for hydroxylation is 2. The Bertz CT molecular complexity index is 595. The number of halogens is 1. The third-order valence-corrected chi connectivity index (χ3v) is 3.96. The Hall–Kier alpha value is -1.33. The van der Waals surface area contributed by atoms with Gasteiger partial charge in [-0.25, -0.2) is 0 Å². The summed E-state index contributed by atoms with van der Waals surface area (Å²) in [5.41, 5.74) is 9.72. The van der Waals surface area contributed by atoms with Crippen LogP contribution < -0.4 is 10.5 Å². The van der Waals surface area contributed by atoms with Crippen molar-refractivity contribution in [1.29, 1.82) is 0 Å². The van der Waals surface area contributed by atoms with Gasteiger partial charge in [-0.05, 0) is 46.5 Å². The number of methoxy groups -OCH3 is 1. The molecule has 0 bridgehead atoms. The smallest absolute Gasteiger partial charge is 0.133 e. The fourth-order valence-electron chi connectivity index (χ4n) is 2.34. The lowest BCUT2D eigenvalue weighted by Crippen LogP contribution is -2.14. The van der Waals surface area contributed by atoms with Crippen LogP contribution in [0.25, 0.3) is 0 Å². The van der Waals surface area contributed by atoms with E-state index >= 15 is 0 Å². The van der Waals surface area contributed by atoms with Crippen molar-refractivity contribution in [2.45, 2.75) is 25.8 Å². The lowest BCUT2D eigenvalue weighted by molar-refractivity contribution is 0.412. The molecular formula is C15H20BrN3O. The highest BCUT2D eigenvalue weighted by atomic mass is 79.9. The van der Waals surface area contributed by atoms with Gasteiger partial charge in [0.1, 0.15) is 5.75 Å². The fraction of sp³-hybridized carbons (Fsp3) is 0.400. The zero-order valence-corrected chi connectivity index (χ0v) is 13.6. The van der Waals surface area contributed by atoms with Crippen molar-refractivity contribution in [3.05, 3.63) is 45.7 Å². The first-order valence-corrected chi connectivity index (χ1v) is 7.44. The molecule has 20 heavy (non-hydrogen) atoms. The first kappa shape index (κ1) is 15.1. The maximum atomic E-state index is 6.34. The SMILES string of the molecule is CCc1nn(C)cc1C(N)Cc1ccc(OC)c(Br)c1. The van der Waals surface area contributed by atoms with Gasteiger partial charge in [0.25, 0.3) is 0 Å². The summed E-state index contributed by atoms with van der Waals surface area (Å²) in [4.78, 5) is 0. The monoisotopic (exact) mass is 337 g/mol. The van der Waals surface area contributed by atoms with E-state index in [-0.39, 0.29) is 6.04 Å². The molecule has 5 heteroatoms. The maximum Gasteiger partial charge on any atom is 0.133 e. The number of nitrogens with zero attached hydrogens (tertiary/aromatic N) is 2. The lowest BCUT2D eigenvalue weighted by Gasteiger charge is -2.12. The van der Waals surface area contributed by atoms with Gasteiger partial charge >= 0.3 is 0 Å². The van der Waals surface area contributed by atoms with Gasteiger partial charge in [0.15, 0.2) is 0 Å². The highest BCUT2D eigenvalue weighted by Crippen LogP contribution is 2.27. The average Bonchev–Trinajstić information content (AvgIpc) is 2.80. The molecule has 0 aliphatic rings. The van der Waals surface area contributed by atoms with Crippen molar-refractivity contribution in [2.75, 3.05) is 7.11 Å². The van der Waals surface area contributed by atoms with Crippen LogP contribution >= 0.6 is 15.9 Å². The van der Waals surface area contributed by atoms with E-state index in [1.54, 1.807) is 7.11 Å². The van der Waals surface area contributed by atoms with Crippen molar-refractivity contribution >= 4 is 15.9 Å². The van der Waals surface area contributed by atoms with Crippen molar-refractivity contribution in [1.82, 2.24) is 9.78 Å². The molecule has 0 aliphatic heterocycles. The van der Waals surface area contributed by atoms with Crippen LogP contribution in [0.2, 0.25) is 0 Å². The minimum absolute atomic E-state index is 0.0426. The molecule has 108 valence electrons. The zero-order valence-electron chi connectivity index (χ0n) is 12.1. The van der Waals surface area contributed by atoms with Crippen LogP contribution in [0, 0.1) is 0 Å². The molecule has 2 N–H and O–H groups in total. The van der Waals surface area contributed by atoms with Gasteiger partial charge in [-0.3, -0.25) is 4.68 Å². The van der Waals surface area contributed by atoms with Crippen molar-refractivity contribution < 1.29 is 4.74 Å². The van der Waals surface area contributed by atoms with E-state index in [9.17, 15) is 0 Å². The molecule has 0 fully saturated rings. The molecule has 4 nitrogen and oxygen atoms in total. The number of aromatic nitrogens is 2. The Labute approximate surface area is 128 Å². The lowest BCUT2D eigenvalue weighted by atomic mass is 9.99. The topological polar surface area (TPSA) is 53.1 Å². The fourth-order valence-corrected chi connectivity index (χ4v) is 2.93. The third-order valence-electron chi connectivity index (χ3n) is 3.34. The van der Waals surface area contributed by atoms with Crippen LogP contribution in [0.4, 0.5) is 0 Å². The number of hydrogen-bond acceptors (Lipinski definition) is 3. The Morgan fingerprint density at radius 1 is 1.45 bits per heavy atom. The number of benzene rings is 1. The third kappa shape index (κ3) is 3.22. The van der Waals surface area contributed by atoms with Crippen LogP contribution in [-0.2, 0) is 19.9 Å². The highest BCUT2D eigenvalue weighted by Gasteiger charge is 2.15. The van der Waals surface area contributed by atoms with Crippen molar-refractivity contribution in [3.8, 4) is 5.75 Å². The summed E-state index contributed by atoms with van der Waals surface area (Å²) in [7, 11) is 3.59. The van der Waals surface area contributed by atoms with E-state index in [1.807, 2.05) is 30.1 Å². The molecule has 0 radical (unpaired) electrons. The Morgan fingerprint density at radius 3 is 2.80 bits per heavy atom. The molecule has 1 heterocycles. The molecule has 2 rings (SSSR count). The normalized spacial score (nSPS) is 12.4. The molecule has 1 aromatic carbocycles. The largest absolute Gasteiger partial charge is 0.496 e. The molecule has 0 aliphatic carbocycles. The summed E-state index contributed by atoms with van der Waals surface area (Å²) in [5.74, 6) is 0.831. The Morgan fingerprint density at radius 2 is 2.20 bits per heavy atom. The Balaban J connectivity index is 2.18. The standard InChI is InChI=1S/C15H20BrN3O/c1-4-14-11(9-19(2)18-14)13(17)8-10-5-6-15(20-3)12(16)7-10/h5-7,9,13H,4,8,17H2,1-3H3. The molecule has 1 aromatic heterocycles. The average molecular weight is 338 g/mol. The van der Waals surface area contributed by atoms with Gasteiger partial charge in [-0.2, -0.15) is 5.10 Å². The highest BCUT2D eigenvalue weighted by molar-refractivity contribution is 9.10. The second-order valence-corrected chi connectivity index (χ2v) is 5.69. The number of rotatable bonds is 5. The summed E-state index contributed by atoms with van der Waals surface area (Å²) in [6.07, 6.45) is 3.69. The van der Waals surface area contributed by atoms with E-state index in [4.69, 9.17) is 10.5 Å². The van der Waals surface area contributed by atoms with E-state index in [2.05, 4.69) is 34.0 Å². The van der Waals surface area contributed by atoms with Gasteiger partial charge in [0, 0.05) is 24.8 Å². The molecule has 0 spiro atoms. The Kier molecular flexibility index (Phi) is 4.83. The summed E-state index contributed by atoms with van der Waals surface area (Å²) >= 11 is 3.50. The minimum Gasteiger partial charge on any atom is -0.496 e. The van der Waals surface area contributed by atoms with Crippen molar-refractivity contribution in [3.63, 3.8) is 0 Å². The van der Waals surface area contributed by atoms with Gasteiger partial charge in [-0.15, -0.1) is 0 Å². The van der Waals surface area contributed by atoms with Crippen LogP contribution in [0.1, 0.15) is 29.8 Å². The molecule has 0 saturated carbocycles. The van der Waals surface area contributed by atoms with Crippen LogP contribution in [-0.4, -0.2) is 16.9 Å². The van der Waals surface area contributed by atoms with Crippen LogP contribution in [0.5, 0.6) is 5.75 Å². The maximum absolute atomic E-state index is 6.34. The molecule has 2 aromatic rings. The number of hydrogen-bond donors (Lipinski definition) is 1. The van der Waals surface area contributed by atoms with Gasteiger partial charge in [-0.1, -0.05) is 13.0 Å².